The minimum absolute atomic E-state index is 0.152. The molecule has 2 heterocycles. The van der Waals surface area contributed by atoms with Gasteiger partial charge in [0.2, 0.25) is 11.8 Å². The molecule has 6 atom stereocenters. The van der Waals surface area contributed by atoms with E-state index in [0.29, 0.717) is 36.9 Å². The molecule has 2 unspecified atom stereocenters. The summed E-state index contributed by atoms with van der Waals surface area (Å²) in [7, 11) is 3.73. The molecule has 7 N–H and O–H groups in total. The fourth-order valence-electron chi connectivity index (χ4n) is 7.09. The maximum atomic E-state index is 13.1. The Balaban J connectivity index is 1.21. The number of aliphatic hydroxyl groups excluding tert-OH is 1. The average Bonchev–Trinajstić information content (AvgIpc) is 3.30. The van der Waals surface area contributed by atoms with Crippen LogP contribution in [0.15, 0.2) is 24.3 Å². The smallest absolute Gasteiger partial charge is 0.415 e. The van der Waals surface area contributed by atoms with Gasteiger partial charge in [-0.25, -0.2) is 4.79 Å². The van der Waals surface area contributed by atoms with Gasteiger partial charge in [-0.2, -0.15) is 0 Å². The van der Waals surface area contributed by atoms with E-state index < -0.39 is 24.3 Å². The average molecular weight is 584 g/mol. The van der Waals surface area contributed by atoms with E-state index in [1.54, 1.807) is 13.1 Å². The molecule has 13 heteroatoms. The number of nitrogens with one attached hydrogen (secondary N) is 4. The van der Waals surface area contributed by atoms with Gasteiger partial charge in [0.1, 0.15) is 18.2 Å². The van der Waals surface area contributed by atoms with Crippen LogP contribution in [-0.2, 0) is 21.4 Å². The first kappa shape index (κ1) is 29.6. The first-order chi connectivity index (χ1) is 20.0. The number of aliphatic hydroxyl groups is 1. The van der Waals surface area contributed by atoms with Crippen LogP contribution in [0.2, 0.25) is 0 Å². The molecule has 2 aliphatic carbocycles. The van der Waals surface area contributed by atoms with Gasteiger partial charge < -0.3 is 46.1 Å². The summed E-state index contributed by atoms with van der Waals surface area (Å²) in [6, 6.07) is 3.35. The van der Waals surface area contributed by atoms with Crippen molar-refractivity contribution in [3.05, 3.63) is 35.4 Å². The first-order valence-electron chi connectivity index (χ1n) is 14.5. The predicted octanol–water partition coefficient (Wildman–Crippen LogP) is -0.193. The largest absolute Gasteiger partial charge is 0.482 e. The van der Waals surface area contributed by atoms with Crippen molar-refractivity contribution >= 4 is 23.9 Å². The molecule has 13 nitrogen and oxygen atoms in total. The van der Waals surface area contributed by atoms with Crippen LogP contribution >= 0.6 is 0 Å². The number of amides is 3. The summed E-state index contributed by atoms with van der Waals surface area (Å²) in [5.41, 5.74) is 7.16. The highest BCUT2D eigenvalue weighted by molar-refractivity contribution is 5.86. The third-order valence-corrected chi connectivity index (χ3v) is 9.07. The van der Waals surface area contributed by atoms with Gasteiger partial charge in [0.15, 0.2) is 17.5 Å². The van der Waals surface area contributed by atoms with Gasteiger partial charge in [-0.15, -0.1) is 0 Å². The summed E-state index contributed by atoms with van der Waals surface area (Å²) < 4.78 is 12.2. The Morgan fingerprint density at radius 3 is 2.81 bits per heavy atom. The molecule has 1 fully saturated rings. The fraction of sp³-hybridized carbons (Fsp3) is 0.586. The summed E-state index contributed by atoms with van der Waals surface area (Å²) in [6.45, 7) is 2.97. The Hall–Kier alpha value is -3.84. The van der Waals surface area contributed by atoms with Crippen LogP contribution in [0.5, 0.6) is 11.5 Å². The van der Waals surface area contributed by atoms with Crippen LogP contribution in [0.4, 0.5) is 4.79 Å². The lowest BCUT2D eigenvalue weighted by Gasteiger charge is -2.56. The van der Waals surface area contributed by atoms with Crippen molar-refractivity contribution in [1.82, 2.24) is 25.8 Å². The van der Waals surface area contributed by atoms with Crippen molar-refractivity contribution < 1.29 is 29.0 Å². The Morgan fingerprint density at radius 1 is 1.29 bits per heavy atom. The molecule has 5 rings (SSSR count). The molecule has 1 aromatic carbocycles. The topological polar surface area (TPSA) is 182 Å². The summed E-state index contributed by atoms with van der Waals surface area (Å²) in [4.78, 5) is 41.1. The number of likely N-dealkylation sites (tertiary alicyclic amines) is 1. The summed E-state index contributed by atoms with van der Waals surface area (Å²) >= 11 is 0. The molecule has 1 spiro atoms. The highest BCUT2D eigenvalue weighted by Gasteiger charge is 2.64. The second-order valence-electron chi connectivity index (χ2n) is 11.7. The molecule has 0 saturated carbocycles. The number of nitrogens with two attached hydrogens (primary N) is 1. The van der Waals surface area contributed by atoms with Crippen molar-refractivity contribution in [1.29, 1.82) is 5.41 Å². The Morgan fingerprint density at radius 2 is 2.07 bits per heavy atom. The number of guanidine groups is 1. The maximum absolute atomic E-state index is 13.1. The van der Waals surface area contributed by atoms with E-state index in [2.05, 4.69) is 34.0 Å². The third-order valence-electron chi connectivity index (χ3n) is 9.07. The van der Waals surface area contributed by atoms with E-state index in [4.69, 9.17) is 20.6 Å². The van der Waals surface area contributed by atoms with Crippen LogP contribution in [0, 0.1) is 11.3 Å². The molecule has 2 aliphatic heterocycles. The zero-order chi connectivity index (χ0) is 30.2. The van der Waals surface area contributed by atoms with Crippen molar-refractivity contribution in [2.24, 2.45) is 11.7 Å². The number of rotatable bonds is 10. The predicted molar refractivity (Wildman–Crippen MR) is 154 cm³/mol. The van der Waals surface area contributed by atoms with Crippen molar-refractivity contribution in [3.63, 3.8) is 0 Å². The lowest BCUT2D eigenvalue weighted by atomic mass is 9.53. The Bertz CT molecular complexity index is 1290. The van der Waals surface area contributed by atoms with E-state index in [-0.39, 0.29) is 42.2 Å². The molecule has 228 valence electrons. The first-order valence-corrected chi connectivity index (χ1v) is 14.5. The number of nitrogens with zero attached hydrogens (tertiary/aromatic N) is 2. The lowest BCUT2D eigenvalue weighted by Crippen LogP contribution is -2.64. The molecule has 1 saturated heterocycles. The van der Waals surface area contributed by atoms with Crippen LogP contribution in [0.1, 0.15) is 37.3 Å². The quantitative estimate of drug-likeness (QED) is 0.0941. The second-order valence-corrected chi connectivity index (χ2v) is 11.7. The number of benzene rings is 1. The molecule has 2 bridgehead atoms. The van der Waals surface area contributed by atoms with E-state index in [1.165, 1.54) is 17.4 Å². The number of ether oxygens (including phenoxy) is 2. The number of carbonyl (C=O) groups is 3. The summed E-state index contributed by atoms with van der Waals surface area (Å²) in [5.74, 6) is 0.217. The van der Waals surface area contributed by atoms with E-state index in [1.807, 2.05) is 12.1 Å². The van der Waals surface area contributed by atoms with Crippen LogP contribution in [0.25, 0.3) is 0 Å². The molecular weight excluding hydrogens is 542 g/mol. The molecule has 0 aromatic heterocycles. The zero-order valence-electron chi connectivity index (χ0n) is 24.3. The maximum Gasteiger partial charge on any atom is 0.415 e. The number of hydrogen-bond donors (Lipinski definition) is 6. The second kappa shape index (κ2) is 11.8. The van der Waals surface area contributed by atoms with Crippen LogP contribution in [-0.4, -0.2) is 103 Å². The number of hydrogen-bond acceptors (Lipinski definition) is 8. The van der Waals surface area contributed by atoms with Gasteiger partial charge in [-0.1, -0.05) is 18.2 Å². The van der Waals surface area contributed by atoms with Gasteiger partial charge in [0.25, 0.3) is 0 Å². The zero-order valence-corrected chi connectivity index (χ0v) is 24.3. The molecule has 3 amide bonds. The van der Waals surface area contributed by atoms with Gasteiger partial charge >= 0.3 is 6.09 Å². The monoisotopic (exact) mass is 583 g/mol. The molecular formula is C29H41N7O6. The van der Waals surface area contributed by atoms with Gasteiger partial charge in [-0.05, 0) is 50.9 Å². The van der Waals surface area contributed by atoms with Crippen molar-refractivity contribution in [2.75, 3.05) is 40.3 Å². The highest BCUT2D eigenvalue weighted by Crippen LogP contribution is 2.62. The van der Waals surface area contributed by atoms with Crippen LogP contribution < -0.4 is 31.2 Å². The van der Waals surface area contributed by atoms with E-state index in [9.17, 15) is 19.5 Å². The van der Waals surface area contributed by atoms with E-state index in [0.717, 1.165) is 24.9 Å². The number of carbonyl (C=O) groups excluding carboxylic acids is 3. The van der Waals surface area contributed by atoms with Crippen molar-refractivity contribution in [2.45, 2.75) is 62.3 Å². The Labute approximate surface area is 245 Å². The van der Waals surface area contributed by atoms with E-state index >= 15 is 0 Å². The molecule has 1 aromatic rings. The highest BCUT2D eigenvalue weighted by atomic mass is 16.6. The minimum atomic E-state index is -0.749. The molecule has 0 radical (unpaired) electrons. The standard InChI is InChI=1S/C29H41N7O6/c1-16(37)34-19(5-4-11-33-27(30)31)26(39)32-12-14-36(3)28(40)41-22-9-6-17-15-20-18-7-8-21(38)25-29(18,10-13-35(20)2)23(17)24(22)42-25/h6-9,18-21,25,38H,4-5,10-15H2,1-3H3,(H,32,39)(H,34,37)(H4,30,31,33)/t18?,19-,20+,21?,25-,29-/m0/s1. The summed E-state index contributed by atoms with van der Waals surface area (Å²) in [5, 5.41) is 26.2. The van der Waals surface area contributed by atoms with Gasteiger partial charge in [-0.3, -0.25) is 15.0 Å². The minimum Gasteiger partial charge on any atom is -0.482 e. The molecule has 4 aliphatic rings. The molecule has 42 heavy (non-hydrogen) atoms. The van der Waals surface area contributed by atoms with Gasteiger partial charge in [0.05, 0.1) is 0 Å². The lowest BCUT2D eigenvalue weighted by molar-refractivity contribution is -0.128. The Kier molecular flexibility index (Phi) is 8.33. The van der Waals surface area contributed by atoms with Crippen LogP contribution in [0.3, 0.4) is 0 Å². The SMILES string of the molecule is CC(=O)N[C@@H](CCCNC(=N)N)C(=O)NCCN(C)C(=O)Oc1ccc2c3c1O[C@H]1C(O)C=CC4[C@@H](C2)N(C)CC[C@@]341. The van der Waals surface area contributed by atoms with Crippen molar-refractivity contribution in [3.8, 4) is 11.5 Å². The van der Waals surface area contributed by atoms with Gasteiger partial charge in [0, 0.05) is 56.5 Å². The summed E-state index contributed by atoms with van der Waals surface area (Å²) in [6.07, 6.45) is 4.79. The fourth-order valence-corrected chi connectivity index (χ4v) is 7.09. The number of piperidine rings is 1. The number of likely N-dealkylation sites (N-methyl/N-ethyl adjacent to an activating group) is 2. The normalized spacial score (nSPS) is 27.2. The third kappa shape index (κ3) is 5.38.